The molecule has 2 aromatic rings. The summed E-state index contributed by atoms with van der Waals surface area (Å²) in [6.07, 6.45) is 1.73. The summed E-state index contributed by atoms with van der Waals surface area (Å²) >= 11 is 0. The van der Waals surface area contributed by atoms with Gasteiger partial charge in [0.2, 0.25) is 0 Å². The highest BCUT2D eigenvalue weighted by Crippen LogP contribution is 2.13. The van der Waals surface area contributed by atoms with Gasteiger partial charge < -0.3 is 15.8 Å². The van der Waals surface area contributed by atoms with E-state index < -0.39 is 0 Å². The average molecular weight is 457 g/mol. The number of ether oxygens (including phenoxy) is 1. The van der Waals surface area contributed by atoms with E-state index in [1.807, 2.05) is 26.0 Å². The number of aliphatic imine (C=N–C) groups is 1. The Hall–Kier alpha value is -1.83. The largest absolute Gasteiger partial charge is 0.494 e. The number of hydrogen-bond donors (Lipinski definition) is 2. The SMILES string of the molecule is Cc1cc(C)cc(NC(N)=NCCCCOc2ccc(F)cc2)c1.I. The minimum atomic E-state index is -0.261. The second-order valence-electron chi connectivity index (χ2n) is 5.78. The molecule has 0 atom stereocenters. The van der Waals surface area contributed by atoms with Gasteiger partial charge in [-0.25, -0.2) is 4.39 Å². The first-order valence-electron chi connectivity index (χ1n) is 8.06. The number of halogens is 2. The third-order valence-corrected chi connectivity index (χ3v) is 3.41. The summed E-state index contributed by atoms with van der Waals surface area (Å²) in [5.74, 6) is 0.832. The molecular weight excluding hydrogens is 432 g/mol. The fraction of sp³-hybridized carbons (Fsp3) is 0.316. The van der Waals surface area contributed by atoms with E-state index in [-0.39, 0.29) is 29.8 Å². The summed E-state index contributed by atoms with van der Waals surface area (Å²) in [6.45, 7) is 5.31. The zero-order valence-electron chi connectivity index (χ0n) is 14.6. The monoisotopic (exact) mass is 457 g/mol. The molecule has 0 spiro atoms. The van der Waals surface area contributed by atoms with Crippen LogP contribution < -0.4 is 15.8 Å². The zero-order chi connectivity index (χ0) is 17.4. The fourth-order valence-electron chi connectivity index (χ4n) is 2.37. The Bertz CT molecular complexity index is 669. The van der Waals surface area contributed by atoms with Crippen molar-refractivity contribution in [1.82, 2.24) is 0 Å². The van der Waals surface area contributed by atoms with Crippen LogP contribution in [0.15, 0.2) is 47.5 Å². The molecule has 0 amide bonds. The van der Waals surface area contributed by atoms with E-state index >= 15 is 0 Å². The van der Waals surface area contributed by atoms with Gasteiger partial charge in [0.1, 0.15) is 11.6 Å². The lowest BCUT2D eigenvalue weighted by Crippen LogP contribution is -2.23. The lowest BCUT2D eigenvalue weighted by Gasteiger charge is -2.08. The van der Waals surface area contributed by atoms with Gasteiger partial charge in [-0.15, -0.1) is 24.0 Å². The van der Waals surface area contributed by atoms with Crippen molar-refractivity contribution in [2.75, 3.05) is 18.5 Å². The predicted molar refractivity (Wildman–Crippen MR) is 113 cm³/mol. The van der Waals surface area contributed by atoms with Crippen LogP contribution in [0.2, 0.25) is 0 Å². The molecule has 0 fully saturated rings. The molecule has 136 valence electrons. The van der Waals surface area contributed by atoms with Gasteiger partial charge in [-0.3, -0.25) is 4.99 Å². The molecule has 0 aromatic heterocycles. The topological polar surface area (TPSA) is 59.6 Å². The predicted octanol–water partition coefficient (Wildman–Crippen LogP) is 4.65. The maximum absolute atomic E-state index is 12.8. The van der Waals surface area contributed by atoms with Gasteiger partial charge in [0.15, 0.2) is 5.96 Å². The maximum Gasteiger partial charge on any atom is 0.193 e. The Morgan fingerprint density at radius 1 is 1.08 bits per heavy atom. The Kier molecular flexibility index (Phi) is 9.26. The number of unbranched alkanes of at least 4 members (excludes halogenated alkanes) is 1. The standard InChI is InChI=1S/C19H24FN3O.HI/c1-14-11-15(2)13-17(12-14)23-19(21)22-9-3-4-10-24-18-7-5-16(20)6-8-18;/h5-8,11-13H,3-4,9-10H2,1-2H3,(H3,21,22,23);1H. The quantitative estimate of drug-likeness (QED) is 0.276. The van der Waals surface area contributed by atoms with E-state index in [1.165, 1.54) is 23.3 Å². The number of aryl methyl sites for hydroxylation is 2. The van der Waals surface area contributed by atoms with E-state index in [2.05, 4.69) is 16.4 Å². The van der Waals surface area contributed by atoms with Crippen LogP contribution >= 0.6 is 24.0 Å². The molecule has 0 saturated carbocycles. The van der Waals surface area contributed by atoms with Crippen LogP contribution in [0.1, 0.15) is 24.0 Å². The van der Waals surface area contributed by atoms with Gasteiger partial charge in [-0.05, 0) is 74.2 Å². The molecule has 0 heterocycles. The molecule has 0 bridgehead atoms. The molecule has 0 saturated heterocycles. The smallest absolute Gasteiger partial charge is 0.193 e. The van der Waals surface area contributed by atoms with Gasteiger partial charge in [0, 0.05) is 12.2 Å². The van der Waals surface area contributed by atoms with Crippen molar-refractivity contribution in [3.63, 3.8) is 0 Å². The van der Waals surface area contributed by atoms with Gasteiger partial charge in [0.05, 0.1) is 6.61 Å². The summed E-state index contributed by atoms with van der Waals surface area (Å²) < 4.78 is 18.3. The average Bonchev–Trinajstić information content (AvgIpc) is 2.51. The van der Waals surface area contributed by atoms with Gasteiger partial charge in [-0.2, -0.15) is 0 Å². The minimum Gasteiger partial charge on any atom is -0.494 e. The van der Waals surface area contributed by atoms with Crippen molar-refractivity contribution >= 4 is 35.6 Å². The van der Waals surface area contributed by atoms with E-state index in [9.17, 15) is 4.39 Å². The third-order valence-electron chi connectivity index (χ3n) is 3.41. The second kappa shape index (κ2) is 10.9. The molecule has 6 heteroatoms. The lowest BCUT2D eigenvalue weighted by molar-refractivity contribution is 0.307. The number of nitrogens with one attached hydrogen (secondary N) is 1. The van der Waals surface area contributed by atoms with Crippen LogP contribution in [-0.2, 0) is 0 Å². The molecule has 0 aliphatic heterocycles. The summed E-state index contributed by atoms with van der Waals surface area (Å²) in [7, 11) is 0. The number of rotatable bonds is 7. The van der Waals surface area contributed by atoms with Gasteiger partial charge >= 0.3 is 0 Å². The van der Waals surface area contributed by atoms with Crippen LogP contribution in [0.4, 0.5) is 10.1 Å². The number of benzene rings is 2. The fourth-order valence-corrected chi connectivity index (χ4v) is 2.37. The van der Waals surface area contributed by atoms with E-state index in [4.69, 9.17) is 10.5 Å². The van der Waals surface area contributed by atoms with Crippen molar-refractivity contribution in [2.45, 2.75) is 26.7 Å². The molecule has 3 N–H and O–H groups in total. The molecule has 4 nitrogen and oxygen atoms in total. The van der Waals surface area contributed by atoms with Crippen LogP contribution in [0, 0.1) is 19.7 Å². The number of hydrogen-bond acceptors (Lipinski definition) is 2. The highest BCUT2D eigenvalue weighted by molar-refractivity contribution is 14.0. The van der Waals surface area contributed by atoms with E-state index in [0.717, 1.165) is 18.5 Å². The Balaban J connectivity index is 0.00000312. The molecule has 0 aliphatic carbocycles. The second-order valence-corrected chi connectivity index (χ2v) is 5.78. The summed E-state index contributed by atoms with van der Waals surface area (Å²) in [5.41, 5.74) is 9.22. The molecule has 0 radical (unpaired) electrons. The number of nitrogens with two attached hydrogens (primary N) is 1. The maximum atomic E-state index is 12.8. The summed E-state index contributed by atoms with van der Waals surface area (Å²) in [4.78, 5) is 4.31. The number of guanidine groups is 1. The van der Waals surface area contributed by atoms with Crippen LogP contribution in [-0.4, -0.2) is 19.1 Å². The third kappa shape index (κ3) is 8.20. The number of anilines is 1. The lowest BCUT2D eigenvalue weighted by atomic mass is 10.1. The summed E-state index contributed by atoms with van der Waals surface area (Å²) in [6, 6.07) is 12.2. The van der Waals surface area contributed by atoms with Crippen LogP contribution in [0.25, 0.3) is 0 Å². The molecular formula is C19H25FIN3O. The first-order valence-corrected chi connectivity index (χ1v) is 8.06. The van der Waals surface area contributed by atoms with Crippen LogP contribution in [0.5, 0.6) is 5.75 Å². The van der Waals surface area contributed by atoms with Crippen molar-refractivity contribution in [1.29, 1.82) is 0 Å². The summed E-state index contributed by atoms with van der Waals surface area (Å²) in [5, 5.41) is 3.11. The molecule has 2 aromatic carbocycles. The van der Waals surface area contributed by atoms with Crippen molar-refractivity contribution < 1.29 is 9.13 Å². The Morgan fingerprint density at radius 3 is 2.36 bits per heavy atom. The van der Waals surface area contributed by atoms with E-state index in [0.29, 0.717) is 24.9 Å². The van der Waals surface area contributed by atoms with Crippen molar-refractivity contribution in [3.05, 3.63) is 59.4 Å². The Morgan fingerprint density at radius 2 is 1.72 bits per heavy atom. The van der Waals surface area contributed by atoms with Gasteiger partial charge in [-0.1, -0.05) is 6.07 Å². The first kappa shape index (κ1) is 21.2. The highest BCUT2D eigenvalue weighted by Gasteiger charge is 1.98. The normalized spacial score (nSPS) is 10.9. The van der Waals surface area contributed by atoms with Gasteiger partial charge in [0.25, 0.3) is 0 Å². The highest BCUT2D eigenvalue weighted by atomic mass is 127. The first-order chi connectivity index (χ1) is 11.5. The molecule has 0 aliphatic rings. The molecule has 25 heavy (non-hydrogen) atoms. The number of nitrogens with zero attached hydrogens (tertiary/aromatic N) is 1. The van der Waals surface area contributed by atoms with Crippen LogP contribution in [0.3, 0.4) is 0 Å². The molecule has 0 unspecified atom stereocenters. The zero-order valence-corrected chi connectivity index (χ0v) is 16.9. The minimum absolute atomic E-state index is 0. The van der Waals surface area contributed by atoms with Crippen molar-refractivity contribution in [2.24, 2.45) is 10.7 Å². The molecule has 2 rings (SSSR count). The van der Waals surface area contributed by atoms with Crippen molar-refractivity contribution in [3.8, 4) is 5.75 Å². The Labute approximate surface area is 165 Å². The van der Waals surface area contributed by atoms with E-state index in [1.54, 1.807) is 12.1 Å².